The van der Waals surface area contributed by atoms with Gasteiger partial charge in [0, 0.05) is 10.9 Å². The maximum absolute atomic E-state index is 12.3. The van der Waals surface area contributed by atoms with Crippen molar-refractivity contribution in [2.24, 2.45) is 0 Å². The van der Waals surface area contributed by atoms with Gasteiger partial charge in [-0.2, -0.15) is 4.80 Å². The molecular weight excluding hydrogens is 342 g/mol. The third-order valence-corrected chi connectivity index (χ3v) is 4.37. The van der Waals surface area contributed by atoms with Gasteiger partial charge in [-0.05, 0) is 36.8 Å². The molecule has 0 unspecified atom stereocenters. The van der Waals surface area contributed by atoms with E-state index in [-0.39, 0.29) is 18.5 Å². The molecular formula is C20H19N5O2. The van der Waals surface area contributed by atoms with E-state index in [1.165, 1.54) is 4.80 Å². The fourth-order valence-corrected chi connectivity index (χ4v) is 2.94. The van der Waals surface area contributed by atoms with E-state index in [1.54, 1.807) is 0 Å². The minimum absolute atomic E-state index is 0.0105. The van der Waals surface area contributed by atoms with E-state index >= 15 is 0 Å². The molecule has 1 N–H and O–H groups in total. The summed E-state index contributed by atoms with van der Waals surface area (Å²) in [7, 11) is 0. The summed E-state index contributed by atoms with van der Waals surface area (Å²) in [6.07, 6.45) is 0. The van der Waals surface area contributed by atoms with E-state index in [0.29, 0.717) is 11.6 Å². The van der Waals surface area contributed by atoms with Crippen LogP contribution in [0.1, 0.15) is 24.3 Å². The lowest BCUT2D eigenvalue weighted by Crippen LogP contribution is -2.30. The Balaban J connectivity index is 1.43. The molecule has 7 nitrogen and oxygen atoms in total. The number of aryl methyl sites for hydroxylation is 1. The number of furan rings is 1. The van der Waals surface area contributed by atoms with E-state index in [9.17, 15) is 4.79 Å². The summed E-state index contributed by atoms with van der Waals surface area (Å²) in [5.41, 5.74) is 2.76. The zero-order valence-corrected chi connectivity index (χ0v) is 15.1. The number of tetrazole rings is 1. The summed E-state index contributed by atoms with van der Waals surface area (Å²) in [6.45, 7) is 3.85. The van der Waals surface area contributed by atoms with Crippen LogP contribution in [-0.2, 0) is 11.3 Å². The maximum Gasteiger partial charge on any atom is 0.244 e. The highest BCUT2D eigenvalue weighted by molar-refractivity contribution is 5.79. The number of rotatable bonds is 5. The van der Waals surface area contributed by atoms with E-state index in [0.717, 1.165) is 22.1 Å². The normalized spacial score (nSPS) is 12.2. The first-order chi connectivity index (χ1) is 13.1. The summed E-state index contributed by atoms with van der Waals surface area (Å²) in [5.74, 6) is 1.000. The largest absolute Gasteiger partial charge is 0.459 e. The molecule has 4 rings (SSSR count). The Bertz CT molecular complexity index is 1070. The molecule has 2 heterocycles. The lowest BCUT2D eigenvalue weighted by Gasteiger charge is -2.10. The Morgan fingerprint density at radius 2 is 1.96 bits per heavy atom. The number of para-hydroxylation sites is 1. The van der Waals surface area contributed by atoms with Crippen molar-refractivity contribution in [3.8, 4) is 11.4 Å². The van der Waals surface area contributed by atoms with Gasteiger partial charge in [0.1, 0.15) is 17.9 Å². The van der Waals surface area contributed by atoms with Gasteiger partial charge < -0.3 is 9.73 Å². The second-order valence-corrected chi connectivity index (χ2v) is 6.43. The van der Waals surface area contributed by atoms with E-state index in [1.807, 2.05) is 68.4 Å². The van der Waals surface area contributed by atoms with Crippen LogP contribution in [0.3, 0.4) is 0 Å². The van der Waals surface area contributed by atoms with Gasteiger partial charge in [-0.1, -0.05) is 42.5 Å². The molecule has 1 amide bonds. The second-order valence-electron chi connectivity index (χ2n) is 6.43. The van der Waals surface area contributed by atoms with Gasteiger partial charge in [-0.15, -0.1) is 10.2 Å². The number of hydrogen-bond acceptors (Lipinski definition) is 5. The highest BCUT2D eigenvalue weighted by atomic mass is 16.3. The average Bonchev–Trinajstić information content (AvgIpc) is 3.28. The predicted molar refractivity (Wildman–Crippen MR) is 101 cm³/mol. The maximum atomic E-state index is 12.3. The Labute approximate surface area is 156 Å². The SMILES string of the molecule is Cc1ccccc1-c1nnn(CC(=O)N[C@@H](C)c2cc3ccccc3o2)n1. The van der Waals surface area contributed by atoms with Gasteiger partial charge in [-0.3, -0.25) is 4.79 Å². The van der Waals surface area contributed by atoms with Crippen LogP contribution in [-0.4, -0.2) is 26.1 Å². The molecule has 0 aliphatic rings. The number of carbonyl (C=O) groups excluding carboxylic acids is 1. The average molecular weight is 361 g/mol. The van der Waals surface area contributed by atoms with Crippen molar-refractivity contribution in [3.63, 3.8) is 0 Å². The summed E-state index contributed by atoms with van der Waals surface area (Å²) < 4.78 is 5.79. The molecule has 0 spiro atoms. The number of benzene rings is 2. The molecule has 0 bridgehead atoms. The monoisotopic (exact) mass is 361 g/mol. The van der Waals surface area contributed by atoms with Crippen molar-refractivity contribution >= 4 is 16.9 Å². The summed E-state index contributed by atoms with van der Waals surface area (Å²) in [5, 5.41) is 16.2. The molecule has 0 aliphatic carbocycles. The van der Waals surface area contributed by atoms with Gasteiger partial charge >= 0.3 is 0 Å². The Kier molecular flexibility index (Phi) is 4.42. The molecule has 0 fully saturated rings. The standard InChI is InChI=1S/C20H19N5O2/c1-13-7-3-5-9-16(13)20-22-24-25(23-20)12-19(26)21-14(2)18-11-15-8-4-6-10-17(15)27-18/h3-11,14H,12H2,1-2H3,(H,21,26)/t14-/m0/s1. The number of amides is 1. The third-order valence-electron chi connectivity index (χ3n) is 4.37. The molecule has 1 atom stereocenters. The van der Waals surface area contributed by atoms with Crippen LogP contribution in [0.4, 0.5) is 0 Å². The second kappa shape index (κ2) is 7.03. The van der Waals surface area contributed by atoms with Crippen molar-refractivity contribution in [1.82, 2.24) is 25.5 Å². The van der Waals surface area contributed by atoms with Crippen molar-refractivity contribution in [3.05, 3.63) is 65.9 Å². The van der Waals surface area contributed by atoms with E-state index in [4.69, 9.17) is 4.42 Å². The van der Waals surface area contributed by atoms with Gasteiger partial charge in [-0.25, -0.2) is 0 Å². The van der Waals surface area contributed by atoms with Crippen molar-refractivity contribution in [2.75, 3.05) is 0 Å². The van der Waals surface area contributed by atoms with Crippen LogP contribution in [0.25, 0.3) is 22.4 Å². The Morgan fingerprint density at radius 3 is 2.78 bits per heavy atom. The highest BCUT2D eigenvalue weighted by Gasteiger charge is 2.16. The smallest absolute Gasteiger partial charge is 0.244 e. The van der Waals surface area contributed by atoms with E-state index < -0.39 is 0 Å². The molecule has 0 saturated heterocycles. The first kappa shape index (κ1) is 17.0. The summed E-state index contributed by atoms with van der Waals surface area (Å²) in [6, 6.07) is 17.2. The molecule has 0 saturated carbocycles. The molecule has 2 aromatic carbocycles. The number of carbonyl (C=O) groups is 1. The first-order valence-electron chi connectivity index (χ1n) is 8.72. The molecule has 4 aromatic rings. The third kappa shape index (κ3) is 3.57. The van der Waals surface area contributed by atoms with Crippen molar-refractivity contribution in [2.45, 2.75) is 26.4 Å². The highest BCUT2D eigenvalue weighted by Crippen LogP contribution is 2.23. The van der Waals surface area contributed by atoms with Gasteiger partial charge in [0.25, 0.3) is 0 Å². The molecule has 0 radical (unpaired) electrons. The minimum Gasteiger partial charge on any atom is -0.459 e. The molecule has 2 aromatic heterocycles. The van der Waals surface area contributed by atoms with Crippen LogP contribution in [0.2, 0.25) is 0 Å². The lowest BCUT2D eigenvalue weighted by atomic mass is 10.1. The molecule has 0 aliphatic heterocycles. The number of nitrogens with zero attached hydrogens (tertiary/aromatic N) is 4. The quantitative estimate of drug-likeness (QED) is 0.590. The predicted octanol–water partition coefficient (Wildman–Crippen LogP) is 3.27. The van der Waals surface area contributed by atoms with Crippen LogP contribution >= 0.6 is 0 Å². The van der Waals surface area contributed by atoms with E-state index in [2.05, 4.69) is 20.7 Å². The van der Waals surface area contributed by atoms with Crippen LogP contribution in [0, 0.1) is 6.92 Å². The zero-order chi connectivity index (χ0) is 18.8. The molecule has 136 valence electrons. The molecule has 7 heteroatoms. The Morgan fingerprint density at radius 1 is 1.19 bits per heavy atom. The fourth-order valence-electron chi connectivity index (χ4n) is 2.94. The number of nitrogens with one attached hydrogen (secondary N) is 1. The summed E-state index contributed by atoms with van der Waals surface area (Å²) in [4.78, 5) is 13.6. The van der Waals surface area contributed by atoms with Crippen LogP contribution < -0.4 is 5.32 Å². The number of fused-ring (bicyclic) bond motifs is 1. The van der Waals surface area contributed by atoms with Crippen LogP contribution in [0.15, 0.2) is 59.0 Å². The summed E-state index contributed by atoms with van der Waals surface area (Å²) >= 11 is 0. The number of aromatic nitrogens is 4. The first-order valence-corrected chi connectivity index (χ1v) is 8.72. The lowest BCUT2D eigenvalue weighted by molar-refractivity contribution is -0.122. The minimum atomic E-state index is -0.260. The van der Waals surface area contributed by atoms with Crippen molar-refractivity contribution in [1.29, 1.82) is 0 Å². The van der Waals surface area contributed by atoms with Crippen molar-refractivity contribution < 1.29 is 9.21 Å². The van der Waals surface area contributed by atoms with Crippen LogP contribution in [0.5, 0.6) is 0 Å². The molecule has 27 heavy (non-hydrogen) atoms. The zero-order valence-electron chi connectivity index (χ0n) is 15.1. The fraction of sp³-hybridized carbons (Fsp3) is 0.200. The van der Waals surface area contributed by atoms with Gasteiger partial charge in [0.05, 0.1) is 6.04 Å². The Hall–Kier alpha value is -3.48. The number of hydrogen-bond donors (Lipinski definition) is 1. The van der Waals surface area contributed by atoms with Gasteiger partial charge in [0.15, 0.2) is 0 Å². The van der Waals surface area contributed by atoms with Gasteiger partial charge in [0.2, 0.25) is 11.7 Å². The topological polar surface area (TPSA) is 85.8 Å².